The maximum Gasteiger partial charge on any atom is 0.0580 e. The van der Waals surface area contributed by atoms with Gasteiger partial charge >= 0.3 is 0 Å². The number of unbranched alkanes of at least 4 members (excludes halogenated alkanes) is 13. The third-order valence-electron chi connectivity index (χ3n) is 15.2. The van der Waals surface area contributed by atoms with E-state index in [2.05, 4.69) is 39.9 Å². The average Bonchev–Trinajstić information content (AvgIpc) is 3.46. The van der Waals surface area contributed by atoms with E-state index in [1.807, 2.05) is 0 Å². The van der Waals surface area contributed by atoms with Gasteiger partial charge in [-0.05, 0) is 156 Å². The van der Waals surface area contributed by atoms with Gasteiger partial charge in [0.25, 0.3) is 0 Å². The molecule has 52 heavy (non-hydrogen) atoms. The zero-order valence-electron chi connectivity index (χ0n) is 35.8. The third-order valence-corrected chi connectivity index (χ3v) is 15.2. The van der Waals surface area contributed by atoms with Crippen LogP contribution < -0.4 is 16.8 Å². The molecule has 0 aromatic carbocycles. The van der Waals surface area contributed by atoms with E-state index in [9.17, 15) is 0 Å². The van der Waals surface area contributed by atoms with Gasteiger partial charge in [0.05, 0.1) is 12.2 Å². The molecule has 0 spiro atoms. The summed E-state index contributed by atoms with van der Waals surface area (Å²) in [5, 5.41) is 3.82. The highest BCUT2D eigenvalue weighted by atomic mass is 16.5. The molecule has 0 bridgehead atoms. The maximum atomic E-state index is 6.79. The van der Waals surface area contributed by atoms with E-state index in [1.165, 1.54) is 174 Å². The molecule has 3 aliphatic rings. The van der Waals surface area contributed by atoms with Crippen LogP contribution in [-0.2, 0) is 9.47 Å². The predicted octanol–water partition coefficient (Wildman–Crippen LogP) is 12.0. The molecular formula is C47H93N3O2. The maximum absolute atomic E-state index is 6.79. The summed E-state index contributed by atoms with van der Waals surface area (Å²) < 4.78 is 13.2. The summed E-state index contributed by atoms with van der Waals surface area (Å²) >= 11 is 0. The molecule has 3 rings (SSSR count). The van der Waals surface area contributed by atoms with Crippen molar-refractivity contribution in [2.24, 2.45) is 51.9 Å². The number of fused-ring (bicyclic) bond motifs is 2. The molecule has 3 fully saturated rings. The molecule has 3 saturated carbocycles. The topological polar surface area (TPSA) is 82.5 Å². The largest absolute Gasteiger partial charge is 0.378 e. The van der Waals surface area contributed by atoms with E-state index in [0.29, 0.717) is 29.0 Å². The van der Waals surface area contributed by atoms with E-state index < -0.39 is 0 Å². The molecule has 0 heterocycles. The van der Waals surface area contributed by atoms with Crippen molar-refractivity contribution in [1.82, 2.24) is 5.32 Å². The Morgan fingerprint density at radius 3 is 1.73 bits per heavy atom. The summed E-state index contributed by atoms with van der Waals surface area (Å²) in [6.07, 6.45) is 37.2. The minimum Gasteiger partial charge on any atom is -0.378 e. The molecule has 5 nitrogen and oxygen atoms in total. The number of ether oxygens (including phenoxy) is 2. The Balaban J connectivity index is 1.40. The first-order valence-corrected chi connectivity index (χ1v) is 23.6. The van der Waals surface area contributed by atoms with E-state index in [4.69, 9.17) is 20.9 Å². The van der Waals surface area contributed by atoms with E-state index in [-0.39, 0.29) is 0 Å². The van der Waals surface area contributed by atoms with Crippen molar-refractivity contribution >= 4 is 0 Å². The van der Waals surface area contributed by atoms with Crippen LogP contribution in [0.25, 0.3) is 0 Å². The average molecular weight is 732 g/mol. The third kappa shape index (κ3) is 15.7. The smallest absolute Gasteiger partial charge is 0.0580 e. The minimum absolute atomic E-state index is 0.349. The number of hydrogen-bond acceptors (Lipinski definition) is 5. The van der Waals surface area contributed by atoms with Crippen LogP contribution >= 0.6 is 0 Å². The lowest BCUT2D eigenvalue weighted by Crippen LogP contribution is -2.45. The molecule has 5 heteroatoms. The standard InChI is InChI=1S/C47H93N3O2/c1-6-7-8-9-10-11-12-13-14-15-16-17-18-19-32-50-33-20-23-39(2)45-25-24-41-36-44(52-35-22-31-49)38-42-37-43(51-34-21-30-48)27-29-46(42,4)40(3)26-28-47(41,45)5/h39-45,50H,6-38,48-49H2,1-5H3/t39-,40-,41+,42?,43-,44+,45-,46-,47+/m1/s1. The van der Waals surface area contributed by atoms with E-state index in [0.717, 1.165) is 62.8 Å². The van der Waals surface area contributed by atoms with Crippen LogP contribution in [0, 0.1) is 40.4 Å². The number of rotatable bonds is 28. The molecule has 0 amide bonds. The molecule has 0 saturated heterocycles. The lowest BCUT2D eigenvalue weighted by molar-refractivity contribution is -0.0880. The quantitative estimate of drug-likeness (QED) is 0.0698. The van der Waals surface area contributed by atoms with Gasteiger partial charge in [-0.15, -0.1) is 0 Å². The van der Waals surface area contributed by atoms with Gasteiger partial charge in [0.2, 0.25) is 0 Å². The first-order chi connectivity index (χ1) is 25.3. The van der Waals surface area contributed by atoms with Crippen LogP contribution in [0.3, 0.4) is 0 Å². The highest BCUT2D eigenvalue weighted by Gasteiger charge is 2.52. The second-order valence-electron chi connectivity index (χ2n) is 19.0. The number of nitrogens with two attached hydrogens (primary N) is 2. The molecule has 1 unspecified atom stereocenters. The lowest BCUT2D eigenvalue weighted by Gasteiger charge is -2.52. The van der Waals surface area contributed by atoms with Crippen LogP contribution in [0.4, 0.5) is 0 Å². The summed E-state index contributed by atoms with van der Waals surface area (Å²) in [6.45, 7) is 18.3. The fourth-order valence-electron chi connectivity index (χ4n) is 11.3. The Kier molecular flexibility index (Phi) is 23.6. The first kappa shape index (κ1) is 46.2. The fraction of sp³-hybridized carbons (Fsp3) is 1.00. The van der Waals surface area contributed by atoms with Crippen LogP contribution in [0.1, 0.15) is 208 Å². The molecule has 0 aliphatic heterocycles. The van der Waals surface area contributed by atoms with Gasteiger partial charge in [-0.3, -0.25) is 0 Å². The molecule has 0 aromatic heterocycles. The van der Waals surface area contributed by atoms with Gasteiger partial charge in [-0.25, -0.2) is 0 Å². The Labute approximate surface area is 325 Å². The molecule has 3 aliphatic carbocycles. The van der Waals surface area contributed by atoms with Crippen molar-refractivity contribution in [3.63, 3.8) is 0 Å². The van der Waals surface area contributed by atoms with Crippen LogP contribution in [0.5, 0.6) is 0 Å². The molecule has 9 atom stereocenters. The summed E-state index contributed by atoms with van der Waals surface area (Å²) in [4.78, 5) is 0. The summed E-state index contributed by atoms with van der Waals surface area (Å²) in [6, 6.07) is 0. The van der Waals surface area contributed by atoms with Crippen LogP contribution in [-0.4, -0.2) is 51.6 Å². The zero-order valence-corrected chi connectivity index (χ0v) is 35.8. The summed E-state index contributed by atoms with van der Waals surface area (Å²) in [5.41, 5.74) is 12.5. The predicted molar refractivity (Wildman–Crippen MR) is 226 cm³/mol. The second kappa shape index (κ2) is 26.6. The SMILES string of the molecule is CCCCCCCCCCCCCCCCNCCC[C@@H](C)[C@H]1CC[C@H]2C[C@H](OCCCN)CC3C[C@H](OCCCN)CC[C@]3(C)[C@H](C)CC[C@@]21C. The van der Waals surface area contributed by atoms with E-state index in [1.54, 1.807) is 0 Å². The Hall–Kier alpha value is -0.200. The minimum atomic E-state index is 0.349. The number of nitrogens with one attached hydrogen (secondary N) is 1. The van der Waals surface area contributed by atoms with Crippen LogP contribution in [0.2, 0.25) is 0 Å². The van der Waals surface area contributed by atoms with Crippen LogP contribution in [0.15, 0.2) is 0 Å². The van der Waals surface area contributed by atoms with Gasteiger partial charge in [-0.2, -0.15) is 0 Å². The highest BCUT2D eigenvalue weighted by Crippen LogP contribution is 2.59. The van der Waals surface area contributed by atoms with Crippen molar-refractivity contribution in [1.29, 1.82) is 0 Å². The van der Waals surface area contributed by atoms with Gasteiger partial charge in [0, 0.05) is 13.2 Å². The first-order valence-electron chi connectivity index (χ1n) is 23.6. The van der Waals surface area contributed by atoms with E-state index >= 15 is 0 Å². The Morgan fingerprint density at radius 1 is 0.596 bits per heavy atom. The van der Waals surface area contributed by atoms with Crippen molar-refractivity contribution < 1.29 is 9.47 Å². The van der Waals surface area contributed by atoms with Crippen molar-refractivity contribution in [2.75, 3.05) is 39.4 Å². The highest BCUT2D eigenvalue weighted by molar-refractivity contribution is 5.01. The lowest BCUT2D eigenvalue weighted by atomic mass is 9.55. The second-order valence-corrected chi connectivity index (χ2v) is 19.0. The Morgan fingerprint density at radius 2 is 1.12 bits per heavy atom. The van der Waals surface area contributed by atoms with Crippen molar-refractivity contribution in [2.45, 2.75) is 220 Å². The monoisotopic (exact) mass is 732 g/mol. The molecule has 0 radical (unpaired) electrons. The molecule has 308 valence electrons. The van der Waals surface area contributed by atoms with Gasteiger partial charge in [0.15, 0.2) is 0 Å². The van der Waals surface area contributed by atoms with Gasteiger partial charge in [-0.1, -0.05) is 118 Å². The molecule has 5 N–H and O–H groups in total. The van der Waals surface area contributed by atoms with Crippen molar-refractivity contribution in [3.8, 4) is 0 Å². The molecule has 0 aromatic rings. The molecular weight excluding hydrogens is 639 g/mol. The fourth-order valence-corrected chi connectivity index (χ4v) is 11.3. The van der Waals surface area contributed by atoms with Crippen molar-refractivity contribution in [3.05, 3.63) is 0 Å². The normalized spacial score (nSPS) is 31.7. The zero-order chi connectivity index (χ0) is 37.5. The van der Waals surface area contributed by atoms with Gasteiger partial charge in [0.1, 0.15) is 0 Å². The van der Waals surface area contributed by atoms with Gasteiger partial charge < -0.3 is 26.3 Å². The summed E-state index contributed by atoms with van der Waals surface area (Å²) in [5.74, 6) is 3.82. The summed E-state index contributed by atoms with van der Waals surface area (Å²) in [7, 11) is 0. The number of hydrogen-bond donors (Lipinski definition) is 3. The Bertz CT molecular complexity index is 872.